The maximum absolute atomic E-state index is 12.2. The first kappa shape index (κ1) is 14.1. The quantitative estimate of drug-likeness (QED) is 0.841. The van der Waals surface area contributed by atoms with Gasteiger partial charge in [-0.3, -0.25) is 9.79 Å². The number of rotatable bonds is 3. The van der Waals surface area contributed by atoms with Gasteiger partial charge in [0.05, 0.1) is 5.54 Å². The lowest BCUT2D eigenvalue weighted by atomic mass is 9.53. The molecule has 4 nitrogen and oxygen atoms in total. The summed E-state index contributed by atoms with van der Waals surface area (Å²) in [7, 11) is 0. The average molecular weight is 308 g/mol. The zero-order valence-corrected chi connectivity index (χ0v) is 13.4. The van der Waals surface area contributed by atoms with Gasteiger partial charge in [0.25, 0.3) is 0 Å². The Morgan fingerprint density at radius 1 is 1.24 bits per heavy atom. The molecule has 2 N–H and O–H groups in total. The van der Waals surface area contributed by atoms with E-state index in [-0.39, 0.29) is 18.1 Å². The second kappa shape index (κ2) is 4.72. The number of carbonyl (C=O) groups excluding carboxylic acids is 1. The first-order chi connectivity index (χ1) is 10.0. The first-order valence-corrected chi connectivity index (χ1v) is 9.03. The molecule has 5 heteroatoms. The number of carbonyl (C=O) groups is 1. The Labute approximate surface area is 130 Å². The maximum Gasteiger partial charge on any atom is 0.242 e. The molecule has 0 radical (unpaired) electrons. The summed E-state index contributed by atoms with van der Waals surface area (Å²) in [5.74, 6) is 2.61. The van der Waals surface area contributed by atoms with Crippen LogP contribution in [0.2, 0.25) is 0 Å². The lowest BCUT2D eigenvalue weighted by Gasteiger charge is -2.55. The maximum atomic E-state index is 12.2. The number of thioether (sulfide) groups is 1. The molecule has 1 saturated heterocycles. The van der Waals surface area contributed by atoms with Crippen molar-refractivity contribution in [3.63, 3.8) is 0 Å². The van der Waals surface area contributed by atoms with Gasteiger partial charge in [0, 0.05) is 6.61 Å². The van der Waals surface area contributed by atoms with Crippen molar-refractivity contribution in [2.45, 2.75) is 62.2 Å². The van der Waals surface area contributed by atoms with E-state index < -0.39 is 4.75 Å². The highest BCUT2D eigenvalue weighted by Crippen LogP contribution is 2.57. The summed E-state index contributed by atoms with van der Waals surface area (Å²) < 4.78 is -0.546. The van der Waals surface area contributed by atoms with Gasteiger partial charge in [0.1, 0.15) is 4.75 Å². The van der Waals surface area contributed by atoms with Crippen LogP contribution in [0.25, 0.3) is 0 Å². The van der Waals surface area contributed by atoms with E-state index in [0.29, 0.717) is 6.42 Å². The Morgan fingerprint density at radius 2 is 1.81 bits per heavy atom. The van der Waals surface area contributed by atoms with Gasteiger partial charge in [0.15, 0.2) is 5.17 Å². The highest BCUT2D eigenvalue weighted by Gasteiger charge is 2.52. The van der Waals surface area contributed by atoms with E-state index in [0.717, 1.165) is 22.9 Å². The fraction of sp³-hybridized carbons (Fsp3) is 0.875. The Hall–Kier alpha value is -0.550. The number of nitrogens with one attached hydrogen (secondary N) is 1. The predicted octanol–water partition coefficient (Wildman–Crippen LogP) is 2.32. The number of aliphatic imine (C=N–C) groups is 1. The van der Waals surface area contributed by atoms with Crippen LogP contribution < -0.4 is 5.32 Å². The first-order valence-electron chi connectivity index (χ1n) is 8.21. The number of amidine groups is 1. The summed E-state index contributed by atoms with van der Waals surface area (Å²) in [6.45, 7) is 1.95. The van der Waals surface area contributed by atoms with Gasteiger partial charge < -0.3 is 10.4 Å². The van der Waals surface area contributed by atoms with Crippen molar-refractivity contribution in [2.75, 3.05) is 6.61 Å². The number of amides is 1. The largest absolute Gasteiger partial charge is 0.396 e. The van der Waals surface area contributed by atoms with E-state index >= 15 is 0 Å². The molecule has 0 spiro atoms. The van der Waals surface area contributed by atoms with Crippen molar-refractivity contribution < 1.29 is 9.90 Å². The van der Waals surface area contributed by atoms with Crippen LogP contribution in [0, 0.1) is 17.8 Å². The summed E-state index contributed by atoms with van der Waals surface area (Å²) in [5.41, 5.74) is 0.106. The topological polar surface area (TPSA) is 61.7 Å². The molecule has 4 saturated carbocycles. The summed E-state index contributed by atoms with van der Waals surface area (Å²) >= 11 is 1.52. The molecule has 116 valence electrons. The van der Waals surface area contributed by atoms with Crippen molar-refractivity contribution in [2.24, 2.45) is 22.7 Å². The number of hydrogen-bond acceptors (Lipinski definition) is 4. The summed E-state index contributed by atoms with van der Waals surface area (Å²) in [6, 6.07) is 0. The third-order valence-corrected chi connectivity index (χ3v) is 7.18. The monoisotopic (exact) mass is 308 g/mol. The molecule has 4 bridgehead atoms. The van der Waals surface area contributed by atoms with Crippen LogP contribution in [-0.2, 0) is 4.79 Å². The van der Waals surface area contributed by atoms with Gasteiger partial charge in [0.2, 0.25) is 5.91 Å². The normalized spacial score (nSPS) is 49.9. The Morgan fingerprint density at radius 3 is 2.33 bits per heavy atom. The summed E-state index contributed by atoms with van der Waals surface area (Å²) in [4.78, 5) is 17.2. The molecule has 0 aromatic carbocycles. The number of nitrogens with zero attached hydrogens (tertiary/aromatic N) is 1. The van der Waals surface area contributed by atoms with Crippen LogP contribution in [0.5, 0.6) is 0 Å². The third-order valence-electron chi connectivity index (χ3n) is 5.96. The van der Waals surface area contributed by atoms with Crippen LogP contribution in [0.1, 0.15) is 51.9 Å². The van der Waals surface area contributed by atoms with E-state index in [2.05, 4.69) is 5.32 Å². The van der Waals surface area contributed by atoms with Gasteiger partial charge in [-0.05, 0) is 69.6 Å². The highest BCUT2D eigenvalue weighted by atomic mass is 32.2. The van der Waals surface area contributed by atoms with Crippen LogP contribution in [0.15, 0.2) is 4.99 Å². The van der Waals surface area contributed by atoms with Crippen LogP contribution in [0.3, 0.4) is 0 Å². The van der Waals surface area contributed by atoms with Gasteiger partial charge in [-0.1, -0.05) is 11.8 Å². The minimum atomic E-state index is -0.546. The Balaban J connectivity index is 1.57. The molecular formula is C16H24N2O2S. The van der Waals surface area contributed by atoms with Crippen LogP contribution >= 0.6 is 11.8 Å². The fourth-order valence-electron chi connectivity index (χ4n) is 5.36. The highest BCUT2D eigenvalue weighted by molar-refractivity contribution is 8.16. The predicted molar refractivity (Wildman–Crippen MR) is 84.2 cm³/mol. The summed E-state index contributed by atoms with van der Waals surface area (Å²) in [5, 5.41) is 12.9. The SMILES string of the molecule is CC1(CCO)SC(=NC23CC4CC(CC(C4)C2)C3)NC1=O. The van der Waals surface area contributed by atoms with E-state index in [1.54, 1.807) is 0 Å². The second-order valence-electron chi connectivity index (χ2n) is 7.82. The smallest absolute Gasteiger partial charge is 0.242 e. The second-order valence-corrected chi connectivity index (χ2v) is 9.31. The van der Waals surface area contributed by atoms with E-state index in [1.807, 2.05) is 6.92 Å². The van der Waals surface area contributed by atoms with Crippen molar-refractivity contribution >= 4 is 22.8 Å². The molecule has 0 aromatic rings. The van der Waals surface area contributed by atoms with Crippen LogP contribution in [0.4, 0.5) is 0 Å². The molecule has 1 heterocycles. The van der Waals surface area contributed by atoms with E-state index in [1.165, 1.54) is 50.3 Å². The lowest BCUT2D eigenvalue weighted by molar-refractivity contribution is -0.121. The molecule has 4 aliphatic carbocycles. The zero-order chi connectivity index (χ0) is 14.7. The molecule has 5 fully saturated rings. The number of aliphatic hydroxyl groups is 1. The fourth-order valence-corrected chi connectivity index (χ4v) is 6.51. The Bertz CT molecular complexity index is 469. The standard InChI is InChI=1S/C16H24N2O2S/c1-15(2-3-19)13(20)17-14(21-15)18-16-7-10-4-11(8-16)6-12(5-10)9-16/h10-12,19H,2-9H2,1H3,(H,17,18,20). The number of hydrogen-bond donors (Lipinski definition) is 2. The van der Waals surface area contributed by atoms with Crippen molar-refractivity contribution in [1.29, 1.82) is 0 Å². The van der Waals surface area contributed by atoms with Gasteiger partial charge in [-0.2, -0.15) is 0 Å². The lowest BCUT2D eigenvalue weighted by Crippen LogP contribution is -2.50. The molecule has 5 rings (SSSR count). The van der Waals surface area contributed by atoms with Crippen LogP contribution in [-0.4, -0.2) is 33.1 Å². The van der Waals surface area contributed by atoms with Gasteiger partial charge >= 0.3 is 0 Å². The minimum absolute atomic E-state index is 0.00466. The van der Waals surface area contributed by atoms with Crippen molar-refractivity contribution in [1.82, 2.24) is 5.32 Å². The third kappa shape index (κ3) is 2.33. The Kier molecular flexibility index (Phi) is 3.16. The molecule has 5 aliphatic rings. The van der Waals surface area contributed by atoms with Gasteiger partial charge in [-0.15, -0.1) is 0 Å². The molecule has 0 aromatic heterocycles. The molecule has 21 heavy (non-hydrogen) atoms. The molecule has 1 atom stereocenters. The minimum Gasteiger partial charge on any atom is -0.396 e. The summed E-state index contributed by atoms with van der Waals surface area (Å²) in [6.07, 6.45) is 8.37. The molecule has 1 amide bonds. The van der Waals surface area contributed by atoms with Gasteiger partial charge in [-0.25, -0.2) is 0 Å². The van der Waals surface area contributed by atoms with Crippen molar-refractivity contribution in [3.8, 4) is 0 Å². The van der Waals surface area contributed by atoms with E-state index in [9.17, 15) is 4.79 Å². The average Bonchev–Trinajstić information content (AvgIpc) is 2.61. The van der Waals surface area contributed by atoms with Crippen molar-refractivity contribution in [3.05, 3.63) is 0 Å². The molecule has 1 aliphatic heterocycles. The molecule has 1 unspecified atom stereocenters. The van der Waals surface area contributed by atoms with E-state index in [4.69, 9.17) is 10.1 Å². The number of aliphatic hydroxyl groups excluding tert-OH is 1. The zero-order valence-electron chi connectivity index (χ0n) is 12.6. The molecular weight excluding hydrogens is 284 g/mol.